The van der Waals surface area contributed by atoms with Crippen LogP contribution in [0, 0.1) is 0 Å². The average molecular weight is 221 g/mol. The van der Waals surface area contributed by atoms with Crippen LogP contribution in [0.25, 0.3) is 0 Å². The lowest BCUT2D eigenvalue weighted by molar-refractivity contribution is -0.119. The van der Waals surface area contributed by atoms with Crippen LogP contribution in [0.3, 0.4) is 0 Å². The Morgan fingerprint density at radius 3 is 3.06 bits per heavy atom. The number of amides is 1. The number of nitrogens with zero attached hydrogens (tertiary/aromatic N) is 2. The fourth-order valence-electron chi connectivity index (χ4n) is 2.37. The van der Waals surface area contributed by atoms with Crippen LogP contribution in [0.4, 0.5) is 0 Å². The van der Waals surface area contributed by atoms with Crippen molar-refractivity contribution in [3.63, 3.8) is 0 Å². The molecule has 0 aliphatic carbocycles. The molecule has 4 heteroatoms. The molecule has 4 nitrogen and oxygen atoms in total. The third kappa shape index (κ3) is 2.10. The van der Waals surface area contributed by atoms with Crippen molar-refractivity contribution in [2.45, 2.75) is 51.6 Å². The zero-order chi connectivity index (χ0) is 11.5. The third-order valence-corrected chi connectivity index (χ3v) is 3.21. The highest BCUT2D eigenvalue weighted by Crippen LogP contribution is 2.29. The van der Waals surface area contributed by atoms with Gasteiger partial charge in [-0.1, -0.05) is 13.8 Å². The lowest BCUT2D eigenvalue weighted by atomic mass is 9.93. The number of carbonyl (C=O) groups excluding carboxylic acids is 1. The summed E-state index contributed by atoms with van der Waals surface area (Å²) in [6.45, 7) is 5.20. The molecule has 1 aromatic heterocycles. The van der Waals surface area contributed by atoms with Gasteiger partial charge in [-0.2, -0.15) is 5.10 Å². The Morgan fingerprint density at radius 2 is 2.38 bits per heavy atom. The molecule has 1 aromatic rings. The van der Waals surface area contributed by atoms with Gasteiger partial charge in [-0.05, 0) is 18.4 Å². The number of carbonyl (C=O) groups is 1. The number of hydrogen-bond donors (Lipinski definition) is 1. The minimum Gasteiger partial charge on any atom is -0.353 e. The van der Waals surface area contributed by atoms with Gasteiger partial charge in [-0.3, -0.25) is 9.48 Å². The molecule has 0 bridgehead atoms. The molecule has 1 N–H and O–H groups in total. The average Bonchev–Trinajstić information content (AvgIpc) is 2.85. The summed E-state index contributed by atoms with van der Waals surface area (Å²) in [5, 5.41) is 7.34. The first-order valence-corrected chi connectivity index (χ1v) is 6.06. The summed E-state index contributed by atoms with van der Waals surface area (Å²) in [6.07, 6.45) is 6.66. The van der Waals surface area contributed by atoms with Gasteiger partial charge in [-0.15, -0.1) is 0 Å². The van der Waals surface area contributed by atoms with Crippen LogP contribution in [0.2, 0.25) is 0 Å². The van der Waals surface area contributed by atoms with E-state index in [-0.39, 0.29) is 11.9 Å². The Hall–Kier alpha value is -1.32. The van der Waals surface area contributed by atoms with Gasteiger partial charge in [0.05, 0.1) is 6.20 Å². The minimum absolute atomic E-state index is 0.167. The van der Waals surface area contributed by atoms with E-state index in [1.54, 1.807) is 0 Å². The summed E-state index contributed by atoms with van der Waals surface area (Å²) < 4.78 is 1.96. The van der Waals surface area contributed by atoms with Crippen molar-refractivity contribution in [3.8, 4) is 0 Å². The fourth-order valence-corrected chi connectivity index (χ4v) is 2.37. The third-order valence-electron chi connectivity index (χ3n) is 3.21. The molecule has 1 fully saturated rings. The molecule has 0 aromatic carbocycles. The Kier molecular flexibility index (Phi) is 3.27. The van der Waals surface area contributed by atoms with Gasteiger partial charge in [0.25, 0.3) is 0 Å². The van der Waals surface area contributed by atoms with Crippen LogP contribution in [-0.4, -0.2) is 21.7 Å². The zero-order valence-corrected chi connectivity index (χ0v) is 9.94. The van der Waals surface area contributed by atoms with E-state index in [4.69, 9.17) is 0 Å². The summed E-state index contributed by atoms with van der Waals surface area (Å²) in [5.41, 5.74) is 1.19. The predicted octanol–water partition coefficient (Wildman–Crippen LogP) is 1.68. The number of hydrogen-bond acceptors (Lipinski definition) is 2. The minimum atomic E-state index is 0.167. The molecule has 1 amide bonds. The second-order valence-electron chi connectivity index (χ2n) is 4.43. The van der Waals surface area contributed by atoms with E-state index in [1.165, 1.54) is 5.56 Å². The molecular weight excluding hydrogens is 202 g/mol. The molecule has 88 valence electrons. The lowest BCUT2D eigenvalue weighted by Crippen LogP contribution is -2.27. The van der Waals surface area contributed by atoms with E-state index >= 15 is 0 Å². The number of rotatable bonds is 4. The monoisotopic (exact) mass is 221 g/mol. The molecule has 0 radical (unpaired) electrons. The normalized spacial score (nSPS) is 24.8. The zero-order valence-electron chi connectivity index (χ0n) is 9.94. The first-order valence-electron chi connectivity index (χ1n) is 6.06. The highest BCUT2D eigenvalue weighted by atomic mass is 16.2. The first-order chi connectivity index (χ1) is 7.74. The standard InChI is InChI=1S/C12H19N3O/c1-3-5-15-8-9(7-13-15)10-6-12(16)14-11(10)4-2/h7-8,10-11H,3-6H2,1-2H3,(H,14,16). The van der Waals surface area contributed by atoms with Gasteiger partial charge in [0.2, 0.25) is 5.91 Å². The predicted molar refractivity (Wildman–Crippen MR) is 62.1 cm³/mol. The van der Waals surface area contributed by atoms with Gasteiger partial charge >= 0.3 is 0 Å². The van der Waals surface area contributed by atoms with E-state index in [9.17, 15) is 4.79 Å². The summed E-state index contributed by atoms with van der Waals surface area (Å²) >= 11 is 0. The number of aryl methyl sites for hydroxylation is 1. The van der Waals surface area contributed by atoms with E-state index in [2.05, 4.69) is 30.5 Å². The Labute approximate surface area is 96.0 Å². The highest BCUT2D eigenvalue weighted by molar-refractivity contribution is 5.80. The van der Waals surface area contributed by atoms with Crippen LogP contribution < -0.4 is 5.32 Å². The van der Waals surface area contributed by atoms with Crippen molar-refractivity contribution in [1.82, 2.24) is 15.1 Å². The second kappa shape index (κ2) is 4.68. The Morgan fingerprint density at radius 1 is 1.56 bits per heavy atom. The van der Waals surface area contributed by atoms with Gasteiger partial charge < -0.3 is 5.32 Å². The topological polar surface area (TPSA) is 46.9 Å². The van der Waals surface area contributed by atoms with Crippen LogP contribution in [0.15, 0.2) is 12.4 Å². The molecule has 16 heavy (non-hydrogen) atoms. The van der Waals surface area contributed by atoms with E-state index in [1.807, 2.05) is 10.9 Å². The highest BCUT2D eigenvalue weighted by Gasteiger charge is 2.32. The summed E-state index contributed by atoms with van der Waals surface area (Å²) in [6, 6.07) is 0.284. The van der Waals surface area contributed by atoms with Gasteiger partial charge in [0.1, 0.15) is 0 Å². The van der Waals surface area contributed by atoms with Crippen molar-refractivity contribution >= 4 is 5.91 Å². The molecule has 1 saturated heterocycles. The van der Waals surface area contributed by atoms with Gasteiger partial charge in [0.15, 0.2) is 0 Å². The molecule has 0 saturated carbocycles. The molecule has 0 spiro atoms. The maximum atomic E-state index is 11.4. The maximum absolute atomic E-state index is 11.4. The summed E-state index contributed by atoms with van der Waals surface area (Å²) in [4.78, 5) is 11.4. The molecule has 2 unspecified atom stereocenters. The van der Waals surface area contributed by atoms with E-state index in [0.29, 0.717) is 12.3 Å². The largest absolute Gasteiger partial charge is 0.353 e. The molecule has 1 aliphatic rings. The summed E-state index contributed by atoms with van der Waals surface area (Å²) in [7, 11) is 0. The SMILES string of the molecule is CCCn1cc(C2CC(=O)NC2CC)cn1. The van der Waals surface area contributed by atoms with Crippen molar-refractivity contribution in [2.75, 3.05) is 0 Å². The molecule has 2 heterocycles. The summed E-state index contributed by atoms with van der Waals surface area (Å²) in [5.74, 6) is 0.475. The van der Waals surface area contributed by atoms with Crippen molar-refractivity contribution in [2.24, 2.45) is 0 Å². The first kappa shape index (κ1) is 11.2. The molecule has 1 aliphatic heterocycles. The Bertz CT molecular complexity index is 372. The lowest BCUT2D eigenvalue weighted by Gasteiger charge is -2.14. The van der Waals surface area contributed by atoms with E-state index < -0.39 is 0 Å². The van der Waals surface area contributed by atoms with Crippen molar-refractivity contribution < 1.29 is 4.79 Å². The molecule has 2 rings (SSSR count). The number of aromatic nitrogens is 2. The number of nitrogens with one attached hydrogen (secondary N) is 1. The Balaban J connectivity index is 2.13. The molecular formula is C12H19N3O. The fraction of sp³-hybridized carbons (Fsp3) is 0.667. The second-order valence-corrected chi connectivity index (χ2v) is 4.43. The van der Waals surface area contributed by atoms with Crippen LogP contribution in [0.5, 0.6) is 0 Å². The van der Waals surface area contributed by atoms with Gasteiger partial charge in [0, 0.05) is 31.1 Å². The van der Waals surface area contributed by atoms with Crippen LogP contribution in [0.1, 0.15) is 44.6 Å². The van der Waals surface area contributed by atoms with Crippen LogP contribution in [-0.2, 0) is 11.3 Å². The van der Waals surface area contributed by atoms with Crippen LogP contribution >= 0.6 is 0 Å². The smallest absolute Gasteiger partial charge is 0.220 e. The van der Waals surface area contributed by atoms with E-state index in [0.717, 1.165) is 19.4 Å². The molecule has 2 atom stereocenters. The maximum Gasteiger partial charge on any atom is 0.220 e. The quantitative estimate of drug-likeness (QED) is 0.840. The van der Waals surface area contributed by atoms with Gasteiger partial charge in [-0.25, -0.2) is 0 Å². The van der Waals surface area contributed by atoms with Crippen molar-refractivity contribution in [1.29, 1.82) is 0 Å². The van der Waals surface area contributed by atoms with Crippen molar-refractivity contribution in [3.05, 3.63) is 18.0 Å².